The first-order valence-electron chi connectivity index (χ1n) is 7.30. The van der Waals surface area contributed by atoms with E-state index >= 15 is 0 Å². The molecule has 0 bridgehead atoms. The first-order chi connectivity index (χ1) is 10.2. The molecule has 21 heavy (non-hydrogen) atoms. The zero-order valence-electron chi connectivity index (χ0n) is 12.2. The lowest BCUT2D eigenvalue weighted by Crippen LogP contribution is -2.36. The Bertz CT molecular complexity index is 645. The topological polar surface area (TPSA) is 78.3 Å². The number of nitrogens with two attached hydrogens (primary N) is 1. The highest BCUT2D eigenvalue weighted by atomic mass is 15.2. The van der Waals surface area contributed by atoms with Crippen LogP contribution >= 0.6 is 0 Å². The van der Waals surface area contributed by atoms with Gasteiger partial charge >= 0.3 is 0 Å². The molecule has 1 fully saturated rings. The average Bonchev–Trinajstić information content (AvgIpc) is 2.94. The third kappa shape index (κ3) is 2.75. The van der Waals surface area contributed by atoms with Gasteiger partial charge in [0.25, 0.3) is 0 Å². The average molecular weight is 281 g/mol. The molecule has 0 unspecified atom stereocenters. The smallest absolute Gasteiger partial charge is 0.128 e. The van der Waals surface area contributed by atoms with Crippen molar-refractivity contribution in [3.8, 4) is 6.07 Å². The number of pyridine rings is 1. The van der Waals surface area contributed by atoms with Crippen LogP contribution in [0.1, 0.15) is 24.1 Å². The van der Waals surface area contributed by atoms with Crippen LogP contribution in [-0.2, 0) is 0 Å². The number of anilines is 1. The van der Waals surface area contributed by atoms with Crippen molar-refractivity contribution in [2.75, 3.05) is 24.5 Å². The molecule has 0 spiro atoms. The minimum Gasteiger partial charge on any atom is -0.400 e. The summed E-state index contributed by atoms with van der Waals surface area (Å²) in [7, 11) is 0. The quantitative estimate of drug-likeness (QED) is 0.896. The largest absolute Gasteiger partial charge is 0.400 e. The number of rotatable bonds is 2. The van der Waals surface area contributed by atoms with E-state index in [0.29, 0.717) is 18.0 Å². The van der Waals surface area contributed by atoms with E-state index in [1.54, 1.807) is 0 Å². The van der Waals surface area contributed by atoms with Gasteiger partial charge in [-0.05, 0) is 38.0 Å². The van der Waals surface area contributed by atoms with Gasteiger partial charge in [-0.2, -0.15) is 5.26 Å². The van der Waals surface area contributed by atoms with Crippen LogP contribution in [0.2, 0.25) is 0 Å². The molecule has 3 rings (SSSR count). The standard InChI is InChI=1S/C16H19N5/c1-11-13(9-17)2-3-16(20-11)21-6-4-12(5-7-21)15-8-14(18)10-19-15/h2-3,8,12H,4-7,10,18H2,1H3. The Morgan fingerprint density at radius 3 is 2.67 bits per heavy atom. The normalized spacial score (nSPS) is 19.1. The van der Waals surface area contributed by atoms with Crippen LogP contribution in [0.5, 0.6) is 0 Å². The van der Waals surface area contributed by atoms with Gasteiger partial charge in [0.15, 0.2) is 0 Å². The summed E-state index contributed by atoms with van der Waals surface area (Å²) in [6, 6.07) is 5.96. The zero-order valence-corrected chi connectivity index (χ0v) is 12.2. The predicted molar refractivity (Wildman–Crippen MR) is 83.2 cm³/mol. The molecule has 2 aliphatic rings. The Labute approximate surface area is 124 Å². The maximum atomic E-state index is 8.96. The van der Waals surface area contributed by atoms with Crippen LogP contribution in [0.4, 0.5) is 5.82 Å². The Morgan fingerprint density at radius 2 is 2.10 bits per heavy atom. The summed E-state index contributed by atoms with van der Waals surface area (Å²) in [5, 5.41) is 8.96. The fourth-order valence-electron chi connectivity index (χ4n) is 2.96. The second-order valence-corrected chi connectivity index (χ2v) is 5.64. The number of nitrogens with zero attached hydrogens (tertiary/aromatic N) is 4. The summed E-state index contributed by atoms with van der Waals surface area (Å²) in [4.78, 5) is 11.3. The molecule has 0 radical (unpaired) electrons. The second kappa shape index (κ2) is 5.57. The van der Waals surface area contributed by atoms with Crippen molar-refractivity contribution in [3.05, 3.63) is 35.2 Å². The van der Waals surface area contributed by atoms with Crippen LogP contribution < -0.4 is 10.6 Å². The highest BCUT2D eigenvalue weighted by Gasteiger charge is 2.24. The van der Waals surface area contributed by atoms with Crippen molar-refractivity contribution in [2.45, 2.75) is 19.8 Å². The van der Waals surface area contributed by atoms with Gasteiger partial charge in [0.2, 0.25) is 0 Å². The van der Waals surface area contributed by atoms with E-state index in [0.717, 1.165) is 48.9 Å². The van der Waals surface area contributed by atoms with Gasteiger partial charge < -0.3 is 10.6 Å². The number of allylic oxidation sites excluding steroid dienone is 1. The van der Waals surface area contributed by atoms with Crippen molar-refractivity contribution in [1.82, 2.24) is 4.98 Å². The molecule has 3 heterocycles. The molecular weight excluding hydrogens is 262 g/mol. The molecule has 1 aromatic rings. The van der Waals surface area contributed by atoms with Crippen molar-refractivity contribution >= 4 is 11.5 Å². The van der Waals surface area contributed by atoms with Crippen LogP contribution in [0.25, 0.3) is 0 Å². The summed E-state index contributed by atoms with van der Waals surface area (Å²) in [6.45, 7) is 4.48. The number of nitriles is 1. The maximum absolute atomic E-state index is 8.96. The highest BCUT2D eigenvalue weighted by molar-refractivity contribution is 5.99. The van der Waals surface area contributed by atoms with Crippen LogP contribution in [0.15, 0.2) is 28.9 Å². The molecule has 2 aliphatic heterocycles. The minimum atomic E-state index is 0.516. The Balaban J connectivity index is 1.66. The van der Waals surface area contributed by atoms with Crippen LogP contribution in [0, 0.1) is 24.2 Å². The number of hydrogen-bond acceptors (Lipinski definition) is 5. The molecule has 5 nitrogen and oxygen atoms in total. The summed E-state index contributed by atoms with van der Waals surface area (Å²) >= 11 is 0. The van der Waals surface area contributed by atoms with Crippen LogP contribution in [0.3, 0.4) is 0 Å². The van der Waals surface area contributed by atoms with E-state index in [9.17, 15) is 0 Å². The predicted octanol–water partition coefficient (Wildman–Crippen LogP) is 1.78. The van der Waals surface area contributed by atoms with Gasteiger partial charge in [0, 0.05) is 30.4 Å². The molecule has 108 valence electrons. The summed E-state index contributed by atoms with van der Waals surface area (Å²) in [5.41, 5.74) is 9.28. The van der Waals surface area contributed by atoms with Crippen LogP contribution in [-0.4, -0.2) is 30.3 Å². The first kappa shape index (κ1) is 13.6. The number of hydrogen-bond donors (Lipinski definition) is 1. The summed E-state index contributed by atoms with van der Waals surface area (Å²) < 4.78 is 0. The maximum Gasteiger partial charge on any atom is 0.128 e. The fourth-order valence-corrected chi connectivity index (χ4v) is 2.96. The molecule has 0 saturated carbocycles. The number of piperidine rings is 1. The third-order valence-corrected chi connectivity index (χ3v) is 4.21. The summed E-state index contributed by atoms with van der Waals surface area (Å²) in [5.74, 6) is 1.48. The van der Waals surface area contributed by atoms with Gasteiger partial charge in [-0.1, -0.05) is 0 Å². The fraction of sp³-hybridized carbons (Fsp3) is 0.438. The van der Waals surface area contributed by atoms with E-state index < -0.39 is 0 Å². The molecule has 0 amide bonds. The van der Waals surface area contributed by atoms with Gasteiger partial charge in [0.05, 0.1) is 17.8 Å². The lowest BCUT2D eigenvalue weighted by atomic mass is 9.92. The Hall–Kier alpha value is -2.35. The molecule has 0 aliphatic carbocycles. The first-order valence-corrected chi connectivity index (χ1v) is 7.30. The second-order valence-electron chi connectivity index (χ2n) is 5.64. The highest BCUT2D eigenvalue weighted by Crippen LogP contribution is 2.25. The molecule has 1 aromatic heterocycles. The molecule has 2 N–H and O–H groups in total. The van der Waals surface area contributed by atoms with Gasteiger partial charge in [-0.15, -0.1) is 0 Å². The van der Waals surface area contributed by atoms with E-state index in [1.165, 1.54) is 0 Å². The van der Waals surface area contributed by atoms with Crippen molar-refractivity contribution in [3.63, 3.8) is 0 Å². The lowest BCUT2D eigenvalue weighted by molar-refractivity contribution is 0.500. The van der Waals surface area contributed by atoms with Crippen molar-refractivity contribution < 1.29 is 0 Å². The monoisotopic (exact) mass is 281 g/mol. The van der Waals surface area contributed by atoms with Gasteiger partial charge in [-0.25, -0.2) is 4.98 Å². The number of aliphatic imine (C=N–C) groups is 1. The number of aryl methyl sites for hydroxylation is 1. The molecule has 0 atom stereocenters. The molecule has 5 heteroatoms. The van der Waals surface area contributed by atoms with E-state index in [1.807, 2.05) is 25.1 Å². The lowest BCUT2D eigenvalue weighted by Gasteiger charge is -2.32. The van der Waals surface area contributed by atoms with Crippen molar-refractivity contribution in [2.24, 2.45) is 16.6 Å². The van der Waals surface area contributed by atoms with E-state index in [4.69, 9.17) is 11.0 Å². The molecule has 1 saturated heterocycles. The molecule has 0 aromatic carbocycles. The Morgan fingerprint density at radius 1 is 1.33 bits per heavy atom. The van der Waals surface area contributed by atoms with Crippen molar-refractivity contribution in [1.29, 1.82) is 5.26 Å². The van der Waals surface area contributed by atoms with E-state index in [-0.39, 0.29) is 0 Å². The molecular formula is C16H19N5. The van der Waals surface area contributed by atoms with Gasteiger partial charge in [-0.3, -0.25) is 4.99 Å². The minimum absolute atomic E-state index is 0.516. The summed E-state index contributed by atoms with van der Waals surface area (Å²) in [6.07, 6.45) is 4.18. The third-order valence-electron chi connectivity index (χ3n) is 4.21. The Kier molecular flexibility index (Phi) is 3.61. The SMILES string of the molecule is Cc1nc(N2CCC(C3=NCC(N)=C3)CC2)ccc1C#N. The zero-order chi connectivity index (χ0) is 14.8. The van der Waals surface area contributed by atoms with Gasteiger partial charge in [0.1, 0.15) is 11.9 Å². The number of aromatic nitrogens is 1. The van der Waals surface area contributed by atoms with E-state index in [2.05, 4.69) is 20.9 Å².